The van der Waals surface area contributed by atoms with Crippen LogP contribution in [0.5, 0.6) is 0 Å². The molecule has 0 N–H and O–H groups in total. The van der Waals surface area contributed by atoms with Gasteiger partial charge in [0.1, 0.15) is 0 Å². The molecule has 0 nitrogen and oxygen atoms in total. The standard InChI is InChI=1S/C5H6.C2H9B3.Co/c1-2-4-5-3-1;1-2-4-5-3;/h1-4H,5H2;4-5H,2-3H2,1H3;. The Kier molecular flexibility index (Phi) is 16.0. The third-order valence-corrected chi connectivity index (χ3v) is 1.36. The van der Waals surface area contributed by atoms with Crippen LogP contribution < -0.4 is 0 Å². The molecule has 0 heterocycles. The van der Waals surface area contributed by atoms with Crippen molar-refractivity contribution in [1.82, 2.24) is 0 Å². The van der Waals surface area contributed by atoms with Crippen LogP contribution in [-0.4, -0.2) is 22.0 Å². The molecule has 11 heavy (non-hydrogen) atoms. The molecule has 0 fully saturated rings. The molecule has 0 spiro atoms. The first kappa shape index (κ1) is 13.7. The maximum Gasteiger partial charge on any atom is 0.0776 e. The van der Waals surface area contributed by atoms with E-state index in [0.717, 1.165) is 6.42 Å². The molecule has 4 heteroatoms. The van der Waals surface area contributed by atoms with Crippen molar-refractivity contribution < 1.29 is 16.8 Å². The minimum Gasteiger partial charge on any atom is -0.0881 e. The molecule has 1 aliphatic rings. The van der Waals surface area contributed by atoms with Gasteiger partial charge in [-0.25, -0.2) is 0 Å². The van der Waals surface area contributed by atoms with Gasteiger partial charge in [-0.15, -0.1) is 0 Å². The summed E-state index contributed by atoms with van der Waals surface area (Å²) in [7, 11) is 4.94. The maximum absolute atomic E-state index is 2.21. The van der Waals surface area contributed by atoms with Gasteiger partial charge in [-0.2, -0.15) is 0 Å². The molecular weight excluding hydrogens is 175 g/mol. The molecular formula is C7H15B3Co. The van der Waals surface area contributed by atoms with Crippen LogP contribution in [0.3, 0.4) is 0 Å². The Morgan fingerprint density at radius 3 is 2.00 bits per heavy atom. The number of hydrogen-bond acceptors (Lipinski definition) is 0. The van der Waals surface area contributed by atoms with Crippen molar-refractivity contribution in [2.75, 3.05) is 0 Å². The van der Waals surface area contributed by atoms with E-state index < -0.39 is 0 Å². The Morgan fingerprint density at radius 2 is 1.91 bits per heavy atom. The van der Waals surface area contributed by atoms with Crippen LogP contribution in [0, 0.1) is 0 Å². The zero-order valence-corrected chi connectivity index (χ0v) is 8.51. The summed E-state index contributed by atoms with van der Waals surface area (Å²) in [5.41, 5.74) is 0. The molecule has 0 saturated carbocycles. The van der Waals surface area contributed by atoms with E-state index >= 15 is 0 Å². The van der Waals surface area contributed by atoms with Crippen molar-refractivity contribution in [2.24, 2.45) is 0 Å². The van der Waals surface area contributed by atoms with Crippen LogP contribution in [0.1, 0.15) is 13.3 Å². The molecule has 0 amide bonds. The van der Waals surface area contributed by atoms with E-state index in [1.54, 1.807) is 0 Å². The summed E-state index contributed by atoms with van der Waals surface area (Å²) in [6.07, 6.45) is 10.8. The molecule has 0 unspecified atom stereocenters. The van der Waals surface area contributed by atoms with Gasteiger partial charge < -0.3 is 0 Å². The van der Waals surface area contributed by atoms with E-state index in [9.17, 15) is 0 Å². The van der Waals surface area contributed by atoms with Gasteiger partial charge in [-0.1, -0.05) is 37.5 Å². The van der Waals surface area contributed by atoms with E-state index in [1.807, 2.05) is 0 Å². The fraction of sp³-hybridized carbons (Fsp3) is 0.429. The summed E-state index contributed by atoms with van der Waals surface area (Å²) < 4.78 is 0. The van der Waals surface area contributed by atoms with Crippen molar-refractivity contribution >= 4 is 22.0 Å². The molecule has 61 valence electrons. The van der Waals surface area contributed by atoms with E-state index in [4.69, 9.17) is 0 Å². The topological polar surface area (TPSA) is 0 Å². The second-order valence-corrected chi connectivity index (χ2v) is 2.45. The third-order valence-electron chi connectivity index (χ3n) is 1.36. The van der Waals surface area contributed by atoms with Crippen molar-refractivity contribution in [2.45, 2.75) is 19.7 Å². The van der Waals surface area contributed by atoms with Crippen LogP contribution in [0.25, 0.3) is 0 Å². The Bertz CT molecular complexity index is 100. The summed E-state index contributed by atoms with van der Waals surface area (Å²) in [6, 6.07) is 0. The molecule has 0 bridgehead atoms. The monoisotopic (exact) mass is 191 g/mol. The minimum absolute atomic E-state index is 0. The van der Waals surface area contributed by atoms with E-state index in [1.165, 1.54) is 20.6 Å². The van der Waals surface area contributed by atoms with Gasteiger partial charge in [0.05, 0.1) is 22.0 Å². The largest absolute Gasteiger partial charge is 0.0881 e. The van der Waals surface area contributed by atoms with E-state index in [2.05, 4.69) is 39.0 Å². The van der Waals surface area contributed by atoms with Crippen LogP contribution >= 0.6 is 0 Å². The third kappa shape index (κ3) is 13.2. The molecule has 0 atom stereocenters. The zero-order chi connectivity index (χ0) is 7.66. The predicted octanol–water partition coefficient (Wildman–Crippen LogP) is 0.261. The first-order valence-corrected chi connectivity index (χ1v) is 4.23. The van der Waals surface area contributed by atoms with Gasteiger partial charge in [0.25, 0.3) is 0 Å². The molecule has 1 rings (SSSR count). The van der Waals surface area contributed by atoms with Gasteiger partial charge in [0, 0.05) is 16.8 Å². The summed E-state index contributed by atoms with van der Waals surface area (Å²) in [5.74, 6) is 0. The van der Waals surface area contributed by atoms with Gasteiger partial charge in [-0.3, -0.25) is 0 Å². The fourth-order valence-electron chi connectivity index (χ4n) is 0.746. The van der Waals surface area contributed by atoms with Gasteiger partial charge >= 0.3 is 0 Å². The van der Waals surface area contributed by atoms with Crippen LogP contribution in [0.2, 0.25) is 6.32 Å². The second kappa shape index (κ2) is 12.8. The number of hydrogen-bond donors (Lipinski definition) is 0. The average Bonchev–Trinajstić information content (AvgIpc) is 2.44. The summed E-state index contributed by atoms with van der Waals surface area (Å²) in [6.45, 7) is 2.21. The molecule has 0 aromatic carbocycles. The van der Waals surface area contributed by atoms with Gasteiger partial charge in [0.15, 0.2) is 0 Å². The molecule has 0 saturated heterocycles. The van der Waals surface area contributed by atoms with E-state index in [-0.39, 0.29) is 16.8 Å². The van der Waals surface area contributed by atoms with Gasteiger partial charge in [0.2, 0.25) is 0 Å². The number of rotatable bonds is 2. The Labute approximate surface area is 83.0 Å². The quantitative estimate of drug-likeness (QED) is 0.548. The smallest absolute Gasteiger partial charge is 0.0776 e. The molecule has 1 radical (unpaired) electrons. The summed E-state index contributed by atoms with van der Waals surface area (Å²) in [4.78, 5) is 0. The first-order chi connectivity index (χ1) is 4.91. The Morgan fingerprint density at radius 1 is 1.36 bits per heavy atom. The average molecular weight is 191 g/mol. The first-order valence-electron chi connectivity index (χ1n) is 4.23. The molecule has 1 aliphatic carbocycles. The number of allylic oxidation sites excluding steroid dienone is 4. The Balaban J connectivity index is 0. The second-order valence-electron chi connectivity index (χ2n) is 2.45. The zero-order valence-electron chi connectivity index (χ0n) is 7.47. The minimum atomic E-state index is 0. The molecule has 0 aliphatic heterocycles. The fourth-order valence-corrected chi connectivity index (χ4v) is 0.746. The van der Waals surface area contributed by atoms with E-state index in [0.29, 0.717) is 0 Å². The molecule has 0 aromatic rings. The van der Waals surface area contributed by atoms with Crippen molar-refractivity contribution in [3.8, 4) is 0 Å². The summed E-state index contributed by atoms with van der Waals surface area (Å²) in [5, 5.41) is 0. The normalized spacial score (nSPS) is 11.0. The van der Waals surface area contributed by atoms with Crippen LogP contribution in [0.4, 0.5) is 0 Å². The SMILES string of the molecule is BBBCC.C1=CCC=C1.[Co]. The Hall–Kier alpha value is 0.181. The molecule has 0 aromatic heterocycles. The summed E-state index contributed by atoms with van der Waals surface area (Å²) >= 11 is 0. The van der Waals surface area contributed by atoms with Crippen molar-refractivity contribution in [3.63, 3.8) is 0 Å². The van der Waals surface area contributed by atoms with Crippen molar-refractivity contribution in [3.05, 3.63) is 24.3 Å². The van der Waals surface area contributed by atoms with Gasteiger partial charge in [-0.05, 0) is 6.42 Å². The maximum atomic E-state index is 2.21. The van der Waals surface area contributed by atoms with Crippen LogP contribution in [-0.2, 0) is 16.8 Å². The van der Waals surface area contributed by atoms with Crippen LogP contribution in [0.15, 0.2) is 24.3 Å². The predicted molar refractivity (Wildman–Crippen MR) is 56.2 cm³/mol. The van der Waals surface area contributed by atoms with Crippen molar-refractivity contribution in [1.29, 1.82) is 0 Å².